The Balaban J connectivity index is 1.68. The van der Waals surface area contributed by atoms with Crippen molar-refractivity contribution in [2.75, 3.05) is 18.2 Å². The summed E-state index contributed by atoms with van der Waals surface area (Å²) in [6, 6.07) is 22.9. The van der Waals surface area contributed by atoms with E-state index in [-0.39, 0.29) is 18.2 Å². The van der Waals surface area contributed by atoms with Crippen molar-refractivity contribution in [2.45, 2.75) is 31.6 Å². The van der Waals surface area contributed by atoms with Crippen LogP contribution in [0, 0.1) is 19.7 Å². The van der Waals surface area contributed by atoms with Crippen LogP contribution < -0.4 is 10.1 Å². The first-order chi connectivity index (χ1) is 18.8. The summed E-state index contributed by atoms with van der Waals surface area (Å²) in [6.45, 7) is 3.62. The minimum atomic E-state index is -1.03. The van der Waals surface area contributed by atoms with Gasteiger partial charge in [0.2, 0.25) is 5.91 Å². The van der Waals surface area contributed by atoms with Gasteiger partial charge in [-0.3, -0.25) is 9.59 Å². The molecule has 7 nitrogen and oxygen atoms in total. The van der Waals surface area contributed by atoms with Crippen LogP contribution in [0.1, 0.15) is 28.6 Å². The first-order valence-corrected chi connectivity index (χ1v) is 13.3. The van der Waals surface area contributed by atoms with E-state index in [0.29, 0.717) is 27.7 Å². The number of hydrogen-bond acceptors (Lipinski definition) is 6. The molecule has 3 aromatic carbocycles. The molecule has 200 valence electrons. The number of aromatic nitrogens is 2. The summed E-state index contributed by atoms with van der Waals surface area (Å²) in [5, 5.41) is 3.37. The Morgan fingerprint density at radius 3 is 2.23 bits per heavy atom. The van der Waals surface area contributed by atoms with Gasteiger partial charge in [0.1, 0.15) is 17.6 Å². The number of benzene rings is 3. The molecular weight excluding hydrogens is 515 g/mol. The fraction of sp³-hybridized carbons (Fsp3) is 0.200. The lowest BCUT2D eigenvalue weighted by Crippen LogP contribution is -2.42. The van der Waals surface area contributed by atoms with E-state index < -0.39 is 17.8 Å². The van der Waals surface area contributed by atoms with Gasteiger partial charge in [-0.25, -0.2) is 14.4 Å². The molecule has 0 fully saturated rings. The Morgan fingerprint density at radius 2 is 1.59 bits per heavy atom. The Kier molecular flexibility index (Phi) is 9.27. The smallest absolute Gasteiger partial charge is 0.251 e. The predicted octanol–water partition coefficient (Wildman–Crippen LogP) is 5.74. The lowest BCUT2D eigenvalue weighted by atomic mass is 10.0. The van der Waals surface area contributed by atoms with Crippen molar-refractivity contribution in [2.24, 2.45) is 0 Å². The average molecular weight is 545 g/mol. The highest BCUT2D eigenvalue weighted by Crippen LogP contribution is 2.28. The monoisotopic (exact) mass is 544 g/mol. The van der Waals surface area contributed by atoms with Gasteiger partial charge in [-0.05, 0) is 55.8 Å². The minimum Gasteiger partial charge on any atom is -0.497 e. The van der Waals surface area contributed by atoms with Gasteiger partial charge in [0.25, 0.3) is 5.91 Å². The third kappa shape index (κ3) is 7.42. The molecule has 0 aliphatic heterocycles. The third-order valence-corrected chi connectivity index (χ3v) is 6.77. The van der Waals surface area contributed by atoms with Gasteiger partial charge < -0.3 is 15.0 Å². The third-order valence-electron chi connectivity index (χ3n) is 5.94. The highest BCUT2D eigenvalue weighted by atomic mass is 32.2. The van der Waals surface area contributed by atoms with Gasteiger partial charge in [0, 0.05) is 29.2 Å². The number of anilines is 1. The molecule has 0 saturated heterocycles. The van der Waals surface area contributed by atoms with Crippen LogP contribution in [0.2, 0.25) is 0 Å². The number of methoxy groups -OCH3 is 1. The zero-order valence-corrected chi connectivity index (χ0v) is 22.7. The van der Waals surface area contributed by atoms with E-state index in [1.165, 1.54) is 22.7 Å². The number of carbonyl (C=O) groups excluding carboxylic acids is 2. The van der Waals surface area contributed by atoms with Crippen LogP contribution in [0.25, 0.3) is 0 Å². The molecule has 1 atom stereocenters. The maximum absolute atomic E-state index is 14.8. The molecule has 0 bridgehead atoms. The van der Waals surface area contributed by atoms with E-state index in [2.05, 4.69) is 15.3 Å². The summed E-state index contributed by atoms with van der Waals surface area (Å²) in [5.74, 6) is -0.623. The molecular formula is C30H29FN4O3S. The first-order valence-electron chi connectivity index (χ1n) is 12.3. The van der Waals surface area contributed by atoms with E-state index in [9.17, 15) is 14.0 Å². The molecule has 39 heavy (non-hydrogen) atoms. The van der Waals surface area contributed by atoms with Crippen molar-refractivity contribution in [3.05, 3.63) is 113 Å². The molecule has 1 N–H and O–H groups in total. The lowest BCUT2D eigenvalue weighted by molar-refractivity contribution is -0.137. The van der Waals surface area contributed by atoms with Crippen molar-refractivity contribution in [1.29, 1.82) is 0 Å². The van der Waals surface area contributed by atoms with Crippen LogP contribution in [0.3, 0.4) is 0 Å². The quantitative estimate of drug-likeness (QED) is 0.202. The van der Waals surface area contributed by atoms with Crippen LogP contribution in [0.15, 0.2) is 90.1 Å². The molecule has 1 heterocycles. The van der Waals surface area contributed by atoms with E-state index in [1.54, 1.807) is 73.8 Å². The summed E-state index contributed by atoms with van der Waals surface area (Å²) in [7, 11) is 1.56. The SMILES string of the molecule is COc1ccc(NC(=O)C(c2ccccc2)N(Cc2ccccc2F)C(=O)CSc2nc(C)cc(C)n2)cc1. The second kappa shape index (κ2) is 13.0. The Morgan fingerprint density at radius 1 is 0.949 bits per heavy atom. The van der Waals surface area contributed by atoms with Gasteiger partial charge in [-0.2, -0.15) is 0 Å². The maximum atomic E-state index is 14.8. The normalized spacial score (nSPS) is 11.5. The van der Waals surface area contributed by atoms with E-state index in [1.807, 2.05) is 26.0 Å². The number of ether oxygens (including phenoxy) is 1. The highest BCUT2D eigenvalue weighted by molar-refractivity contribution is 7.99. The highest BCUT2D eigenvalue weighted by Gasteiger charge is 2.32. The zero-order valence-electron chi connectivity index (χ0n) is 21.9. The van der Waals surface area contributed by atoms with Crippen molar-refractivity contribution < 1.29 is 18.7 Å². The Labute approximate surface area is 231 Å². The number of carbonyl (C=O) groups is 2. The molecule has 0 saturated carbocycles. The van der Waals surface area contributed by atoms with E-state index in [0.717, 1.165) is 11.4 Å². The predicted molar refractivity (Wildman–Crippen MR) is 150 cm³/mol. The molecule has 0 radical (unpaired) electrons. The van der Waals surface area contributed by atoms with Crippen molar-refractivity contribution in [3.63, 3.8) is 0 Å². The number of halogens is 1. The molecule has 0 aliphatic rings. The molecule has 0 spiro atoms. The van der Waals surface area contributed by atoms with E-state index >= 15 is 0 Å². The number of amides is 2. The van der Waals surface area contributed by atoms with Gasteiger partial charge in [0.05, 0.1) is 12.9 Å². The molecule has 1 unspecified atom stereocenters. The van der Waals surface area contributed by atoms with E-state index in [4.69, 9.17) is 4.74 Å². The Hall–Kier alpha value is -4.24. The number of nitrogens with zero attached hydrogens (tertiary/aromatic N) is 3. The number of nitrogens with one attached hydrogen (secondary N) is 1. The maximum Gasteiger partial charge on any atom is 0.251 e. The fourth-order valence-electron chi connectivity index (χ4n) is 4.09. The molecule has 0 aliphatic carbocycles. The van der Waals surface area contributed by atoms with Crippen LogP contribution in [0.5, 0.6) is 5.75 Å². The minimum absolute atomic E-state index is 0.0313. The number of aryl methyl sites for hydroxylation is 2. The summed E-state index contributed by atoms with van der Waals surface area (Å²) in [5.41, 5.74) is 3.03. The molecule has 4 rings (SSSR count). The average Bonchev–Trinajstić information content (AvgIpc) is 2.93. The Bertz CT molecular complexity index is 1410. The fourth-order valence-corrected chi connectivity index (χ4v) is 4.93. The molecule has 9 heteroatoms. The zero-order chi connectivity index (χ0) is 27.8. The number of hydrogen-bond donors (Lipinski definition) is 1. The topological polar surface area (TPSA) is 84.4 Å². The largest absolute Gasteiger partial charge is 0.497 e. The van der Waals surface area contributed by atoms with Crippen molar-refractivity contribution >= 4 is 29.3 Å². The second-order valence-corrected chi connectivity index (χ2v) is 9.81. The summed E-state index contributed by atoms with van der Waals surface area (Å²) < 4.78 is 20.0. The summed E-state index contributed by atoms with van der Waals surface area (Å²) >= 11 is 1.18. The summed E-state index contributed by atoms with van der Waals surface area (Å²) in [4.78, 5) is 37.8. The van der Waals surface area contributed by atoms with Crippen molar-refractivity contribution in [1.82, 2.24) is 14.9 Å². The van der Waals surface area contributed by atoms with Gasteiger partial charge in [-0.15, -0.1) is 0 Å². The van der Waals surface area contributed by atoms with Crippen LogP contribution >= 0.6 is 11.8 Å². The summed E-state index contributed by atoms with van der Waals surface area (Å²) in [6.07, 6.45) is 0. The lowest BCUT2D eigenvalue weighted by Gasteiger charge is -2.31. The standard InChI is InChI=1S/C30H29FN4O3S/c1-20-17-21(2)33-30(32-20)39-19-27(36)35(18-23-11-7-8-12-26(23)31)28(22-9-5-4-6-10-22)29(37)34-24-13-15-25(38-3)16-14-24/h4-17,28H,18-19H2,1-3H3,(H,34,37). The second-order valence-electron chi connectivity index (χ2n) is 8.87. The van der Waals surface area contributed by atoms with Crippen LogP contribution in [-0.4, -0.2) is 39.5 Å². The van der Waals surface area contributed by atoms with Crippen LogP contribution in [0.4, 0.5) is 10.1 Å². The molecule has 4 aromatic rings. The van der Waals surface area contributed by atoms with Gasteiger partial charge in [0.15, 0.2) is 5.16 Å². The molecule has 1 aromatic heterocycles. The van der Waals surface area contributed by atoms with Crippen LogP contribution in [-0.2, 0) is 16.1 Å². The van der Waals surface area contributed by atoms with Gasteiger partial charge >= 0.3 is 0 Å². The number of thioether (sulfide) groups is 1. The number of rotatable bonds is 10. The first kappa shape index (κ1) is 27.8. The van der Waals surface area contributed by atoms with Crippen molar-refractivity contribution in [3.8, 4) is 5.75 Å². The molecule has 2 amide bonds. The van der Waals surface area contributed by atoms with Gasteiger partial charge in [-0.1, -0.05) is 60.3 Å².